The van der Waals surface area contributed by atoms with E-state index in [0.29, 0.717) is 5.75 Å². The Morgan fingerprint density at radius 1 is 1.47 bits per heavy atom. The Labute approximate surface area is 102 Å². The fraction of sp³-hybridized carbons (Fsp3) is 0.462. The van der Waals surface area contributed by atoms with Crippen LogP contribution in [0.15, 0.2) is 18.2 Å². The summed E-state index contributed by atoms with van der Waals surface area (Å²) in [5.41, 5.74) is 7.94. The van der Waals surface area contributed by atoms with Gasteiger partial charge in [0.2, 0.25) is 0 Å². The zero-order valence-electron chi connectivity index (χ0n) is 10.5. The van der Waals surface area contributed by atoms with E-state index in [4.69, 9.17) is 10.5 Å². The number of aryl methyl sites for hydroxylation is 1. The third kappa shape index (κ3) is 4.44. The summed E-state index contributed by atoms with van der Waals surface area (Å²) in [6, 6.07) is 5.88. The number of carbonyl (C=O) groups excluding carboxylic acids is 1. The number of hydrogen-bond acceptors (Lipinski definition) is 4. The van der Waals surface area contributed by atoms with Crippen LogP contribution in [0.3, 0.4) is 0 Å². The first-order chi connectivity index (χ1) is 8.02. The number of benzene rings is 1. The smallest absolute Gasteiger partial charge is 0.343 e. The van der Waals surface area contributed by atoms with Crippen LogP contribution >= 0.6 is 0 Å². The van der Waals surface area contributed by atoms with E-state index in [1.54, 1.807) is 0 Å². The van der Waals surface area contributed by atoms with Gasteiger partial charge in [0.05, 0.1) is 7.11 Å². The molecule has 0 amide bonds. The van der Waals surface area contributed by atoms with E-state index in [2.05, 4.69) is 4.74 Å². The van der Waals surface area contributed by atoms with Gasteiger partial charge in [0.25, 0.3) is 0 Å². The molecule has 1 unspecified atom stereocenters. The minimum Gasteiger partial charge on any atom is -0.482 e. The van der Waals surface area contributed by atoms with Gasteiger partial charge in [-0.15, -0.1) is 0 Å². The number of ether oxygens (including phenoxy) is 2. The van der Waals surface area contributed by atoms with E-state index < -0.39 is 5.97 Å². The van der Waals surface area contributed by atoms with Crippen molar-refractivity contribution in [2.75, 3.05) is 13.7 Å². The van der Waals surface area contributed by atoms with Crippen LogP contribution in [0.25, 0.3) is 0 Å². The highest BCUT2D eigenvalue weighted by Gasteiger charge is 2.08. The molecule has 94 valence electrons. The summed E-state index contributed by atoms with van der Waals surface area (Å²) in [7, 11) is 1.34. The van der Waals surface area contributed by atoms with Crippen molar-refractivity contribution in [2.45, 2.75) is 26.3 Å². The summed E-state index contributed by atoms with van der Waals surface area (Å²) in [5.74, 6) is 0.302. The molecule has 4 heteroatoms. The fourth-order valence-corrected chi connectivity index (χ4v) is 1.55. The lowest BCUT2D eigenvalue weighted by Crippen LogP contribution is -2.19. The predicted molar refractivity (Wildman–Crippen MR) is 66.0 cm³/mol. The highest BCUT2D eigenvalue weighted by Crippen LogP contribution is 2.21. The molecule has 1 atom stereocenters. The summed E-state index contributed by atoms with van der Waals surface area (Å²) >= 11 is 0. The van der Waals surface area contributed by atoms with Crippen LogP contribution in [-0.2, 0) is 16.0 Å². The first kappa shape index (κ1) is 13.5. The van der Waals surface area contributed by atoms with Crippen molar-refractivity contribution in [1.29, 1.82) is 0 Å². The van der Waals surface area contributed by atoms with Gasteiger partial charge in [-0.2, -0.15) is 0 Å². The largest absolute Gasteiger partial charge is 0.482 e. The van der Waals surface area contributed by atoms with Crippen LogP contribution in [0, 0.1) is 6.92 Å². The lowest BCUT2D eigenvalue weighted by Gasteiger charge is -2.13. The molecule has 2 N–H and O–H groups in total. The standard InChI is InChI=1S/C13H19NO3/c1-9-4-5-12(17-8-13(15)16-3)11(6-9)7-10(2)14/h4-6,10H,7-8,14H2,1-3H3. The molecule has 0 saturated heterocycles. The van der Waals surface area contributed by atoms with Gasteiger partial charge < -0.3 is 15.2 Å². The maximum Gasteiger partial charge on any atom is 0.343 e. The number of methoxy groups -OCH3 is 1. The van der Waals surface area contributed by atoms with Crippen molar-refractivity contribution in [1.82, 2.24) is 0 Å². The second kappa shape index (κ2) is 6.25. The molecule has 0 radical (unpaired) electrons. The number of rotatable bonds is 5. The van der Waals surface area contributed by atoms with Crippen LogP contribution in [0.4, 0.5) is 0 Å². The lowest BCUT2D eigenvalue weighted by atomic mass is 10.0. The Balaban J connectivity index is 2.78. The second-order valence-corrected chi connectivity index (χ2v) is 4.16. The quantitative estimate of drug-likeness (QED) is 0.787. The highest BCUT2D eigenvalue weighted by molar-refractivity contribution is 5.70. The molecule has 4 nitrogen and oxygen atoms in total. The summed E-state index contributed by atoms with van der Waals surface area (Å²) in [5, 5.41) is 0. The van der Waals surface area contributed by atoms with Gasteiger partial charge >= 0.3 is 5.97 Å². The Morgan fingerprint density at radius 3 is 2.76 bits per heavy atom. The average molecular weight is 237 g/mol. The summed E-state index contributed by atoms with van der Waals surface area (Å²) in [6.07, 6.45) is 0.720. The summed E-state index contributed by atoms with van der Waals surface area (Å²) in [6.45, 7) is 3.87. The Kier molecular flexibility index (Phi) is 4.97. The number of esters is 1. The van der Waals surface area contributed by atoms with Gasteiger partial charge in [-0.05, 0) is 31.9 Å². The topological polar surface area (TPSA) is 61.5 Å². The number of hydrogen-bond donors (Lipinski definition) is 1. The van der Waals surface area contributed by atoms with Crippen molar-refractivity contribution < 1.29 is 14.3 Å². The van der Waals surface area contributed by atoms with E-state index in [1.807, 2.05) is 32.0 Å². The zero-order chi connectivity index (χ0) is 12.8. The van der Waals surface area contributed by atoms with E-state index in [1.165, 1.54) is 7.11 Å². The van der Waals surface area contributed by atoms with E-state index in [9.17, 15) is 4.79 Å². The van der Waals surface area contributed by atoms with Crippen LogP contribution in [0.1, 0.15) is 18.1 Å². The second-order valence-electron chi connectivity index (χ2n) is 4.16. The monoisotopic (exact) mass is 237 g/mol. The molecule has 0 aliphatic heterocycles. The van der Waals surface area contributed by atoms with E-state index in [-0.39, 0.29) is 12.6 Å². The molecule has 0 bridgehead atoms. The maximum absolute atomic E-state index is 11.0. The van der Waals surface area contributed by atoms with Gasteiger partial charge in [-0.3, -0.25) is 0 Å². The number of carbonyl (C=O) groups is 1. The highest BCUT2D eigenvalue weighted by atomic mass is 16.6. The van der Waals surface area contributed by atoms with Gasteiger partial charge in [0.1, 0.15) is 5.75 Å². The van der Waals surface area contributed by atoms with Crippen LogP contribution in [-0.4, -0.2) is 25.7 Å². The Bertz CT molecular complexity index is 388. The first-order valence-corrected chi connectivity index (χ1v) is 5.57. The molecule has 1 aromatic rings. The predicted octanol–water partition coefficient (Wildman–Crippen LogP) is 1.44. The van der Waals surface area contributed by atoms with Gasteiger partial charge in [-0.1, -0.05) is 17.7 Å². The Hall–Kier alpha value is -1.55. The molecule has 1 aromatic carbocycles. The van der Waals surface area contributed by atoms with E-state index >= 15 is 0 Å². The SMILES string of the molecule is COC(=O)COc1ccc(C)cc1CC(C)N. The fourth-order valence-electron chi connectivity index (χ4n) is 1.55. The lowest BCUT2D eigenvalue weighted by molar-refractivity contribution is -0.142. The molecule has 17 heavy (non-hydrogen) atoms. The molecular weight excluding hydrogens is 218 g/mol. The van der Waals surface area contributed by atoms with Crippen molar-refractivity contribution >= 4 is 5.97 Å². The summed E-state index contributed by atoms with van der Waals surface area (Å²) < 4.78 is 9.94. The summed E-state index contributed by atoms with van der Waals surface area (Å²) in [4.78, 5) is 11.0. The van der Waals surface area contributed by atoms with Crippen molar-refractivity contribution in [2.24, 2.45) is 5.73 Å². The van der Waals surface area contributed by atoms with Crippen molar-refractivity contribution in [3.05, 3.63) is 29.3 Å². The molecule has 0 aliphatic carbocycles. The molecule has 0 spiro atoms. The van der Waals surface area contributed by atoms with Crippen molar-refractivity contribution in [3.8, 4) is 5.75 Å². The van der Waals surface area contributed by atoms with E-state index in [0.717, 1.165) is 17.5 Å². The average Bonchev–Trinajstić information content (AvgIpc) is 2.26. The van der Waals surface area contributed by atoms with Crippen LogP contribution in [0.5, 0.6) is 5.75 Å². The minimum absolute atomic E-state index is 0.0530. The third-order valence-corrected chi connectivity index (χ3v) is 2.33. The molecule has 0 heterocycles. The normalized spacial score (nSPS) is 12.0. The molecule has 0 saturated carbocycles. The van der Waals surface area contributed by atoms with Gasteiger partial charge in [-0.25, -0.2) is 4.79 Å². The molecule has 0 fully saturated rings. The Morgan fingerprint density at radius 2 is 2.18 bits per heavy atom. The first-order valence-electron chi connectivity index (χ1n) is 5.57. The zero-order valence-corrected chi connectivity index (χ0v) is 10.5. The van der Waals surface area contributed by atoms with Crippen LogP contribution in [0.2, 0.25) is 0 Å². The molecular formula is C13H19NO3. The van der Waals surface area contributed by atoms with Gasteiger partial charge in [0.15, 0.2) is 6.61 Å². The molecule has 1 rings (SSSR count). The maximum atomic E-state index is 11.0. The third-order valence-electron chi connectivity index (χ3n) is 2.33. The minimum atomic E-state index is -0.391. The number of nitrogens with two attached hydrogens (primary N) is 1. The van der Waals surface area contributed by atoms with Crippen molar-refractivity contribution in [3.63, 3.8) is 0 Å². The molecule has 0 aromatic heterocycles. The van der Waals surface area contributed by atoms with Gasteiger partial charge in [0, 0.05) is 6.04 Å². The van der Waals surface area contributed by atoms with Crippen LogP contribution < -0.4 is 10.5 Å². The molecule has 0 aliphatic rings.